The molecule has 0 aliphatic rings. The van der Waals surface area contributed by atoms with Crippen LogP contribution in [0.25, 0.3) is 0 Å². The minimum atomic E-state index is 0.497. The summed E-state index contributed by atoms with van der Waals surface area (Å²) in [5, 5.41) is 0.723. The van der Waals surface area contributed by atoms with Crippen LogP contribution in [0.4, 0.5) is 5.69 Å². The van der Waals surface area contributed by atoms with Crippen LogP contribution < -0.4 is 9.47 Å². The largest absolute Gasteiger partial charge is 0.494 e. The molecule has 0 aliphatic carbocycles. The molecule has 132 valence electrons. The van der Waals surface area contributed by atoms with Gasteiger partial charge in [0.2, 0.25) is 0 Å². The number of nitrogens with zero attached hydrogens (tertiary/aromatic N) is 1. The quantitative estimate of drug-likeness (QED) is 0.476. The minimum Gasteiger partial charge on any atom is -0.494 e. The molecular weight excluding hydrogens is 346 g/mol. The molecule has 0 aliphatic heterocycles. The predicted octanol–water partition coefficient (Wildman–Crippen LogP) is 6.07. The molecule has 0 saturated heterocycles. The molecule has 0 amide bonds. The number of rotatable bonds is 7. The molecule has 0 N–H and O–H groups in total. The lowest BCUT2D eigenvalue weighted by molar-refractivity contribution is 0.306. The van der Waals surface area contributed by atoms with E-state index >= 15 is 0 Å². The van der Waals surface area contributed by atoms with Gasteiger partial charge in [0.1, 0.15) is 18.1 Å². The monoisotopic (exact) mass is 365 g/mol. The van der Waals surface area contributed by atoms with Crippen LogP contribution >= 0.6 is 11.6 Å². The molecular formula is C22H20ClNO2. The topological polar surface area (TPSA) is 30.8 Å². The van der Waals surface area contributed by atoms with Crippen molar-refractivity contribution in [2.75, 3.05) is 6.61 Å². The highest BCUT2D eigenvalue weighted by atomic mass is 35.5. The van der Waals surface area contributed by atoms with Gasteiger partial charge in [-0.15, -0.1) is 0 Å². The lowest BCUT2D eigenvalue weighted by Crippen LogP contribution is -1.95. The third kappa shape index (κ3) is 5.36. The third-order valence-electron chi connectivity index (χ3n) is 3.69. The second kappa shape index (κ2) is 9.07. The van der Waals surface area contributed by atoms with E-state index in [2.05, 4.69) is 4.99 Å². The molecule has 0 radical (unpaired) electrons. The van der Waals surface area contributed by atoms with Gasteiger partial charge in [0, 0.05) is 11.2 Å². The van der Waals surface area contributed by atoms with Gasteiger partial charge in [-0.3, -0.25) is 4.99 Å². The van der Waals surface area contributed by atoms with Gasteiger partial charge in [-0.05, 0) is 66.6 Å². The molecule has 0 saturated carbocycles. The fourth-order valence-corrected chi connectivity index (χ4v) is 2.50. The van der Waals surface area contributed by atoms with E-state index in [9.17, 15) is 0 Å². The SMILES string of the molecule is CCOc1ccc(N=Cc2cccc(OCc3ccc(Cl)cc3)c2)cc1. The second-order valence-corrected chi connectivity index (χ2v) is 6.11. The van der Waals surface area contributed by atoms with Crippen molar-refractivity contribution >= 4 is 23.5 Å². The van der Waals surface area contributed by atoms with Crippen molar-refractivity contribution in [1.82, 2.24) is 0 Å². The van der Waals surface area contributed by atoms with E-state index in [1.165, 1.54) is 0 Å². The van der Waals surface area contributed by atoms with Crippen LogP contribution in [0.3, 0.4) is 0 Å². The highest BCUT2D eigenvalue weighted by molar-refractivity contribution is 6.30. The van der Waals surface area contributed by atoms with Crippen molar-refractivity contribution in [3.63, 3.8) is 0 Å². The maximum absolute atomic E-state index is 5.90. The summed E-state index contributed by atoms with van der Waals surface area (Å²) in [6.45, 7) is 3.12. The highest BCUT2D eigenvalue weighted by Crippen LogP contribution is 2.19. The molecule has 0 spiro atoms. The smallest absolute Gasteiger partial charge is 0.120 e. The maximum atomic E-state index is 5.90. The van der Waals surface area contributed by atoms with Crippen molar-refractivity contribution in [2.45, 2.75) is 13.5 Å². The van der Waals surface area contributed by atoms with Crippen molar-refractivity contribution < 1.29 is 9.47 Å². The van der Waals surface area contributed by atoms with Gasteiger partial charge in [-0.2, -0.15) is 0 Å². The van der Waals surface area contributed by atoms with Crippen LogP contribution in [0.2, 0.25) is 5.02 Å². The van der Waals surface area contributed by atoms with Crippen molar-refractivity contribution in [2.24, 2.45) is 4.99 Å². The van der Waals surface area contributed by atoms with E-state index in [1.807, 2.05) is 85.9 Å². The molecule has 0 heterocycles. The zero-order chi connectivity index (χ0) is 18.2. The molecule has 3 nitrogen and oxygen atoms in total. The Morgan fingerprint density at radius 1 is 0.885 bits per heavy atom. The van der Waals surface area contributed by atoms with Gasteiger partial charge >= 0.3 is 0 Å². The number of hydrogen-bond acceptors (Lipinski definition) is 3. The normalized spacial score (nSPS) is 10.8. The van der Waals surface area contributed by atoms with Gasteiger partial charge in [0.05, 0.1) is 12.3 Å². The molecule has 4 heteroatoms. The number of hydrogen-bond donors (Lipinski definition) is 0. The van der Waals surface area contributed by atoms with E-state index < -0.39 is 0 Å². The Morgan fingerprint density at radius 2 is 1.65 bits per heavy atom. The van der Waals surface area contributed by atoms with Crippen LogP contribution in [-0.2, 0) is 6.61 Å². The van der Waals surface area contributed by atoms with E-state index in [0.29, 0.717) is 13.2 Å². The van der Waals surface area contributed by atoms with Crippen molar-refractivity contribution in [1.29, 1.82) is 0 Å². The Kier molecular flexibility index (Phi) is 6.29. The first-order valence-corrected chi connectivity index (χ1v) is 8.85. The van der Waals surface area contributed by atoms with Gasteiger partial charge in [0.15, 0.2) is 0 Å². The lowest BCUT2D eigenvalue weighted by atomic mass is 10.2. The standard InChI is InChI=1S/C22H20ClNO2/c1-2-25-21-12-10-20(11-13-21)24-15-18-4-3-5-22(14-18)26-16-17-6-8-19(23)9-7-17/h3-15H,2,16H2,1H3. The summed E-state index contributed by atoms with van der Waals surface area (Å²) in [5.41, 5.74) is 2.93. The van der Waals surface area contributed by atoms with Crippen LogP contribution in [0.1, 0.15) is 18.1 Å². The number of benzene rings is 3. The first-order chi connectivity index (χ1) is 12.7. The van der Waals surface area contributed by atoms with Gasteiger partial charge < -0.3 is 9.47 Å². The number of aliphatic imine (C=N–C) groups is 1. The molecule has 3 rings (SSSR count). The molecule has 0 bridgehead atoms. The Labute approximate surface area is 158 Å². The Balaban J connectivity index is 1.62. The Morgan fingerprint density at radius 3 is 2.38 bits per heavy atom. The van der Waals surface area contributed by atoms with Crippen LogP contribution in [0.15, 0.2) is 77.8 Å². The van der Waals surface area contributed by atoms with E-state index in [-0.39, 0.29) is 0 Å². The van der Waals surface area contributed by atoms with E-state index in [0.717, 1.165) is 33.3 Å². The van der Waals surface area contributed by atoms with E-state index in [1.54, 1.807) is 0 Å². The first kappa shape index (κ1) is 18.0. The summed E-state index contributed by atoms with van der Waals surface area (Å²) in [5.74, 6) is 1.65. The maximum Gasteiger partial charge on any atom is 0.120 e. The summed E-state index contributed by atoms with van der Waals surface area (Å²) in [4.78, 5) is 4.50. The molecule has 0 unspecified atom stereocenters. The summed E-state index contributed by atoms with van der Waals surface area (Å²) in [6.07, 6.45) is 1.82. The van der Waals surface area contributed by atoms with Gasteiger partial charge in [0.25, 0.3) is 0 Å². The van der Waals surface area contributed by atoms with Crippen LogP contribution in [0.5, 0.6) is 11.5 Å². The van der Waals surface area contributed by atoms with Gasteiger partial charge in [-0.25, -0.2) is 0 Å². The zero-order valence-electron chi connectivity index (χ0n) is 14.6. The number of ether oxygens (including phenoxy) is 2. The lowest BCUT2D eigenvalue weighted by Gasteiger charge is -2.07. The summed E-state index contributed by atoms with van der Waals surface area (Å²) < 4.78 is 11.3. The summed E-state index contributed by atoms with van der Waals surface area (Å²) in [6, 6.07) is 23.2. The molecule has 3 aromatic carbocycles. The molecule has 3 aromatic rings. The number of halogens is 1. The van der Waals surface area contributed by atoms with Crippen LogP contribution in [0, 0.1) is 0 Å². The van der Waals surface area contributed by atoms with Crippen molar-refractivity contribution in [3.05, 3.63) is 88.9 Å². The minimum absolute atomic E-state index is 0.497. The molecule has 0 atom stereocenters. The molecule has 0 fully saturated rings. The predicted molar refractivity (Wildman–Crippen MR) is 107 cm³/mol. The average molecular weight is 366 g/mol. The first-order valence-electron chi connectivity index (χ1n) is 8.47. The highest BCUT2D eigenvalue weighted by Gasteiger charge is 1.98. The van der Waals surface area contributed by atoms with Crippen LogP contribution in [-0.4, -0.2) is 12.8 Å². The summed E-state index contributed by atoms with van der Waals surface area (Å²) in [7, 11) is 0. The average Bonchev–Trinajstić information content (AvgIpc) is 2.68. The Hall–Kier alpha value is -2.78. The van der Waals surface area contributed by atoms with E-state index in [4.69, 9.17) is 21.1 Å². The third-order valence-corrected chi connectivity index (χ3v) is 3.94. The van der Waals surface area contributed by atoms with Crippen molar-refractivity contribution in [3.8, 4) is 11.5 Å². The second-order valence-electron chi connectivity index (χ2n) is 5.67. The molecule has 0 aromatic heterocycles. The summed E-state index contributed by atoms with van der Waals surface area (Å²) >= 11 is 5.90. The molecule has 26 heavy (non-hydrogen) atoms. The zero-order valence-corrected chi connectivity index (χ0v) is 15.3. The Bertz CT molecular complexity index is 858. The van der Waals surface area contributed by atoms with Gasteiger partial charge in [-0.1, -0.05) is 35.9 Å². The fraction of sp³-hybridized carbons (Fsp3) is 0.136. The fourth-order valence-electron chi connectivity index (χ4n) is 2.38.